The number of rotatable bonds is 0. The molecular weight excluding hydrogens is 90.1 g/mol. The van der Waals surface area contributed by atoms with E-state index in [2.05, 4.69) is 7.05 Å². The van der Waals surface area contributed by atoms with Crippen LogP contribution in [0.1, 0.15) is 6.42 Å². The summed E-state index contributed by atoms with van der Waals surface area (Å²) in [6.07, 6.45) is 0.853. The number of nitrogens with one attached hydrogen (secondary N) is 1. The van der Waals surface area contributed by atoms with Crippen LogP contribution in [0.5, 0.6) is 0 Å². The van der Waals surface area contributed by atoms with Gasteiger partial charge in [-0.25, -0.2) is 0 Å². The minimum atomic E-state index is -0.0764. The van der Waals surface area contributed by atoms with E-state index in [1.807, 2.05) is 0 Å². The summed E-state index contributed by atoms with van der Waals surface area (Å²) < 4.78 is 0. The molecule has 0 aromatic heterocycles. The van der Waals surface area contributed by atoms with Gasteiger partial charge in [0.15, 0.2) is 0 Å². The lowest BCUT2D eigenvalue weighted by Crippen LogP contribution is -3.05. The zero-order valence-corrected chi connectivity index (χ0v) is 4.35. The Kier molecular flexibility index (Phi) is 1.30. The first-order valence-corrected chi connectivity index (χ1v) is 2.64. The Bertz CT molecular complexity index is 57.1. The van der Waals surface area contributed by atoms with Crippen LogP contribution in [0.25, 0.3) is 0 Å². The third kappa shape index (κ3) is 1.14. The van der Waals surface area contributed by atoms with Crippen LogP contribution in [-0.4, -0.2) is 24.3 Å². The quantitative estimate of drug-likeness (QED) is 0.354. The molecule has 1 aliphatic rings. The monoisotopic (exact) mass is 101 g/mol. The molecule has 1 unspecified atom stereocenters. The summed E-state index contributed by atoms with van der Waals surface area (Å²) >= 11 is 0. The van der Waals surface area contributed by atoms with Crippen molar-refractivity contribution in [3.8, 4) is 0 Å². The lowest BCUT2D eigenvalue weighted by Gasteiger charge is -2.09. The van der Waals surface area contributed by atoms with Crippen LogP contribution >= 0.6 is 0 Å². The lowest BCUT2D eigenvalue weighted by molar-refractivity contribution is -0.841. The number of hydrogen-bond donors (Lipinski definition) is 2. The van der Waals surface area contributed by atoms with Gasteiger partial charge in [-0.05, 0) is 0 Å². The highest BCUT2D eigenvalue weighted by Crippen LogP contribution is 1.88. The molecule has 0 bridgehead atoms. The van der Waals surface area contributed by atoms with Gasteiger partial charge in [0.2, 0.25) is 0 Å². The van der Waals surface area contributed by atoms with E-state index in [1.54, 1.807) is 0 Å². The zero-order valence-electron chi connectivity index (χ0n) is 4.35. The number of quaternary nitrogens is 1. The molecule has 1 aliphatic heterocycles. The molecule has 0 saturated carbocycles. The third-order valence-corrected chi connectivity index (χ3v) is 1.36. The Balaban J connectivity index is 2.26. The summed E-state index contributed by atoms with van der Waals surface area (Å²) in [6.45, 7) is 1.86. The third-order valence-electron chi connectivity index (χ3n) is 1.36. The normalized spacial score (nSPS) is 42.0. The van der Waals surface area contributed by atoms with E-state index in [1.165, 1.54) is 4.90 Å². The SMILES string of the molecule is [CH2-][NH+]1CC[C@H](O)C1. The first-order valence-electron chi connectivity index (χ1n) is 2.64. The Labute approximate surface area is 43.7 Å². The van der Waals surface area contributed by atoms with E-state index in [-0.39, 0.29) is 6.10 Å². The maximum atomic E-state index is 8.84. The number of aliphatic hydroxyl groups is 1. The van der Waals surface area contributed by atoms with Gasteiger partial charge in [0, 0.05) is 6.42 Å². The fourth-order valence-corrected chi connectivity index (χ4v) is 0.908. The van der Waals surface area contributed by atoms with Gasteiger partial charge in [-0.1, -0.05) is 0 Å². The van der Waals surface area contributed by atoms with Crippen LogP contribution in [0.4, 0.5) is 0 Å². The van der Waals surface area contributed by atoms with Gasteiger partial charge in [0.25, 0.3) is 0 Å². The molecule has 7 heavy (non-hydrogen) atoms. The summed E-state index contributed by atoms with van der Waals surface area (Å²) in [4.78, 5) is 1.20. The van der Waals surface area contributed by atoms with Crippen molar-refractivity contribution in [1.82, 2.24) is 0 Å². The Morgan fingerprint density at radius 1 is 1.71 bits per heavy atom. The molecule has 1 fully saturated rings. The van der Waals surface area contributed by atoms with Crippen molar-refractivity contribution in [3.63, 3.8) is 0 Å². The highest BCUT2D eigenvalue weighted by molar-refractivity contribution is 4.56. The number of likely N-dealkylation sites (tertiary alicyclic amines) is 1. The molecule has 0 aromatic rings. The topological polar surface area (TPSA) is 24.7 Å². The Hall–Kier alpha value is -0.0800. The minimum Gasteiger partial charge on any atom is -0.466 e. The van der Waals surface area contributed by atoms with Crippen LogP contribution in [0.15, 0.2) is 0 Å². The number of hydrogen-bond acceptors (Lipinski definition) is 1. The molecular formula is C5H11NO. The van der Waals surface area contributed by atoms with E-state index in [9.17, 15) is 0 Å². The molecule has 1 rings (SSSR count). The van der Waals surface area contributed by atoms with Gasteiger partial charge in [-0.3, -0.25) is 0 Å². The van der Waals surface area contributed by atoms with Crippen molar-refractivity contribution in [2.45, 2.75) is 12.5 Å². The molecule has 2 nitrogen and oxygen atoms in total. The second-order valence-corrected chi connectivity index (χ2v) is 2.15. The van der Waals surface area contributed by atoms with E-state index in [0.717, 1.165) is 19.5 Å². The van der Waals surface area contributed by atoms with Crippen LogP contribution in [-0.2, 0) is 0 Å². The van der Waals surface area contributed by atoms with Crippen molar-refractivity contribution < 1.29 is 10.0 Å². The average Bonchev–Trinajstić information content (AvgIpc) is 1.87. The minimum absolute atomic E-state index is 0.0764. The lowest BCUT2D eigenvalue weighted by atomic mass is 10.3. The number of aliphatic hydroxyl groups excluding tert-OH is 1. The zero-order chi connectivity index (χ0) is 5.28. The highest BCUT2D eigenvalue weighted by Gasteiger charge is 2.15. The first kappa shape index (κ1) is 5.06. The second kappa shape index (κ2) is 1.80. The standard InChI is InChI=1S/C5H11NO/c1-6-3-2-5(7)4-6/h5-7H,1-4H2/t5-/m0/s1. The molecule has 0 amide bonds. The molecule has 0 aromatic carbocycles. The maximum absolute atomic E-state index is 8.84. The molecule has 0 spiro atoms. The van der Waals surface area contributed by atoms with Crippen LogP contribution in [0.2, 0.25) is 0 Å². The van der Waals surface area contributed by atoms with Crippen LogP contribution < -0.4 is 4.90 Å². The van der Waals surface area contributed by atoms with Crippen molar-refractivity contribution in [1.29, 1.82) is 0 Å². The van der Waals surface area contributed by atoms with E-state index < -0.39 is 0 Å². The smallest absolute Gasteiger partial charge is 0.106 e. The van der Waals surface area contributed by atoms with Gasteiger partial charge in [0.1, 0.15) is 6.10 Å². The van der Waals surface area contributed by atoms with E-state index in [0.29, 0.717) is 0 Å². The van der Waals surface area contributed by atoms with Gasteiger partial charge in [-0.2, -0.15) is 7.05 Å². The fraction of sp³-hybridized carbons (Fsp3) is 0.800. The second-order valence-electron chi connectivity index (χ2n) is 2.15. The summed E-state index contributed by atoms with van der Waals surface area (Å²) in [5.74, 6) is 0. The summed E-state index contributed by atoms with van der Waals surface area (Å²) in [6, 6.07) is 0. The maximum Gasteiger partial charge on any atom is 0.106 e. The fourth-order valence-electron chi connectivity index (χ4n) is 0.908. The molecule has 2 atom stereocenters. The van der Waals surface area contributed by atoms with Crippen molar-refractivity contribution >= 4 is 0 Å². The Morgan fingerprint density at radius 3 is 2.57 bits per heavy atom. The van der Waals surface area contributed by atoms with Crippen molar-refractivity contribution in [3.05, 3.63) is 7.05 Å². The highest BCUT2D eigenvalue weighted by atomic mass is 16.3. The summed E-state index contributed by atoms with van der Waals surface area (Å²) in [5.41, 5.74) is 0. The van der Waals surface area contributed by atoms with Crippen LogP contribution in [0, 0.1) is 7.05 Å². The summed E-state index contributed by atoms with van der Waals surface area (Å²) in [7, 11) is 3.74. The van der Waals surface area contributed by atoms with E-state index >= 15 is 0 Å². The predicted octanol–water partition coefficient (Wildman–Crippen LogP) is -1.57. The van der Waals surface area contributed by atoms with Gasteiger partial charge in [0.05, 0.1) is 13.1 Å². The molecule has 1 heterocycles. The predicted molar refractivity (Wildman–Crippen MR) is 26.7 cm³/mol. The molecule has 2 N–H and O–H groups in total. The van der Waals surface area contributed by atoms with Gasteiger partial charge < -0.3 is 10.0 Å². The van der Waals surface area contributed by atoms with Crippen molar-refractivity contribution in [2.75, 3.05) is 13.1 Å². The van der Waals surface area contributed by atoms with Crippen molar-refractivity contribution in [2.24, 2.45) is 0 Å². The van der Waals surface area contributed by atoms with Crippen LogP contribution in [0.3, 0.4) is 0 Å². The summed E-state index contributed by atoms with van der Waals surface area (Å²) in [5, 5.41) is 8.84. The molecule has 1 saturated heterocycles. The Morgan fingerprint density at radius 2 is 2.43 bits per heavy atom. The first-order chi connectivity index (χ1) is 3.29. The molecule has 0 aliphatic carbocycles. The molecule has 2 heteroatoms. The van der Waals surface area contributed by atoms with E-state index in [4.69, 9.17) is 5.11 Å². The van der Waals surface area contributed by atoms with Gasteiger partial charge >= 0.3 is 0 Å². The van der Waals surface area contributed by atoms with Gasteiger partial charge in [-0.15, -0.1) is 0 Å². The molecule has 42 valence electrons. The largest absolute Gasteiger partial charge is 0.466 e. The average molecular weight is 101 g/mol. The molecule has 0 radical (unpaired) electrons.